The number of ketones is 1. The molecular formula is C33H26ClN5O6. The standard InChI is InChI=1S/C33H26ClN5O6/c34-26-10-4-2-9-23(26)28(16-29(40)24-15-20-7-1-6-12-30(20)45-33(24)43)36-31(41)13-14-39-18-21(37-38-39)19-44-32(42)25-17-35-27-11-5-3-8-22(25)27/h1-12,15,17-18,28,35H,13-14,16,19H2,(H,36,41). The van der Waals surface area contributed by atoms with Gasteiger partial charge in [-0.05, 0) is 29.8 Å². The van der Waals surface area contributed by atoms with Crippen LogP contribution in [0.3, 0.4) is 0 Å². The fourth-order valence-electron chi connectivity index (χ4n) is 5.00. The zero-order valence-electron chi connectivity index (χ0n) is 23.7. The highest BCUT2D eigenvalue weighted by Gasteiger charge is 2.24. The van der Waals surface area contributed by atoms with Crippen molar-refractivity contribution in [3.63, 3.8) is 0 Å². The molecule has 0 bridgehead atoms. The van der Waals surface area contributed by atoms with Crippen molar-refractivity contribution in [2.75, 3.05) is 0 Å². The summed E-state index contributed by atoms with van der Waals surface area (Å²) >= 11 is 6.43. The molecule has 3 heterocycles. The number of nitrogens with one attached hydrogen (secondary N) is 2. The molecule has 0 radical (unpaired) electrons. The lowest BCUT2D eigenvalue weighted by Crippen LogP contribution is -2.31. The molecule has 1 atom stereocenters. The summed E-state index contributed by atoms with van der Waals surface area (Å²) in [7, 11) is 0. The number of nitrogens with zero attached hydrogens (tertiary/aromatic N) is 3. The second-order valence-corrected chi connectivity index (χ2v) is 10.7. The average molecular weight is 624 g/mol. The molecular weight excluding hydrogens is 598 g/mol. The molecule has 11 nitrogen and oxygen atoms in total. The van der Waals surface area contributed by atoms with E-state index >= 15 is 0 Å². The van der Waals surface area contributed by atoms with Crippen molar-refractivity contribution >= 4 is 51.1 Å². The second kappa shape index (κ2) is 13.0. The number of hydrogen-bond donors (Lipinski definition) is 2. The Kier molecular flexibility index (Phi) is 8.52. The second-order valence-electron chi connectivity index (χ2n) is 10.3. The molecule has 6 aromatic rings. The van der Waals surface area contributed by atoms with Crippen LogP contribution in [-0.4, -0.2) is 37.6 Å². The molecule has 6 rings (SSSR count). The number of esters is 1. The third kappa shape index (κ3) is 6.68. The van der Waals surface area contributed by atoms with Gasteiger partial charge in [-0.25, -0.2) is 9.59 Å². The van der Waals surface area contributed by atoms with Gasteiger partial charge in [-0.3, -0.25) is 14.3 Å². The minimum Gasteiger partial charge on any atom is -0.455 e. The van der Waals surface area contributed by atoms with Gasteiger partial charge in [0.1, 0.15) is 23.4 Å². The number of Topliss-reactive ketones (excluding diaryl/α,β-unsaturated/α-hetero) is 1. The van der Waals surface area contributed by atoms with E-state index in [0.717, 1.165) is 10.9 Å². The summed E-state index contributed by atoms with van der Waals surface area (Å²) in [5, 5.41) is 12.7. The van der Waals surface area contributed by atoms with E-state index in [0.29, 0.717) is 32.8 Å². The Morgan fingerprint density at radius 2 is 1.78 bits per heavy atom. The molecule has 3 aromatic carbocycles. The lowest BCUT2D eigenvalue weighted by Gasteiger charge is -2.20. The van der Waals surface area contributed by atoms with Crippen molar-refractivity contribution in [3.05, 3.63) is 129 Å². The van der Waals surface area contributed by atoms with E-state index in [1.54, 1.807) is 60.9 Å². The quantitative estimate of drug-likeness (QED) is 0.111. The maximum absolute atomic E-state index is 13.3. The van der Waals surface area contributed by atoms with E-state index in [9.17, 15) is 19.2 Å². The summed E-state index contributed by atoms with van der Waals surface area (Å²) in [6, 6.07) is 21.9. The predicted octanol–water partition coefficient (Wildman–Crippen LogP) is 5.40. The number of rotatable bonds is 11. The fraction of sp³-hybridized carbons (Fsp3) is 0.152. The van der Waals surface area contributed by atoms with Gasteiger partial charge in [0.15, 0.2) is 5.78 Å². The molecule has 0 aliphatic heterocycles. The Balaban J connectivity index is 1.08. The number of carbonyl (C=O) groups is 3. The van der Waals surface area contributed by atoms with Crippen LogP contribution < -0.4 is 10.9 Å². The summed E-state index contributed by atoms with van der Waals surface area (Å²) in [5.41, 5.74) is 1.71. The summed E-state index contributed by atoms with van der Waals surface area (Å²) in [4.78, 5) is 54.6. The molecule has 0 saturated heterocycles. The Hall–Kier alpha value is -5.55. The third-order valence-electron chi connectivity index (χ3n) is 7.26. The Labute approximate surface area is 260 Å². The molecule has 2 N–H and O–H groups in total. The van der Waals surface area contributed by atoms with E-state index in [-0.39, 0.29) is 37.5 Å². The molecule has 0 aliphatic carbocycles. The molecule has 45 heavy (non-hydrogen) atoms. The zero-order chi connectivity index (χ0) is 31.3. The average Bonchev–Trinajstić information content (AvgIpc) is 3.69. The van der Waals surface area contributed by atoms with Crippen molar-refractivity contribution in [3.8, 4) is 0 Å². The fourth-order valence-corrected chi connectivity index (χ4v) is 5.27. The Bertz CT molecular complexity index is 2100. The smallest absolute Gasteiger partial charge is 0.347 e. The maximum atomic E-state index is 13.3. The van der Waals surface area contributed by atoms with Gasteiger partial charge >= 0.3 is 11.6 Å². The zero-order valence-corrected chi connectivity index (χ0v) is 24.5. The van der Waals surface area contributed by atoms with Crippen LogP contribution in [0.1, 0.15) is 50.9 Å². The van der Waals surface area contributed by atoms with Crippen LogP contribution >= 0.6 is 11.6 Å². The lowest BCUT2D eigenvalue weighted by atomic mass is 9.97. The molecule has 0 spiro atoms. The topological polar surface area (TPSA) is 149 Å². The van der Waals surface area contributed by atoms with Gasteiger partial charge in [0, 0.05) is 40.4 Å². The van der Waals surface area contributed by atoms with Crippen LogP contribution in [0, 0.1) is 0 Å². The largest absolute Gasteiger partial charge is 0.455 e. The van der Waals surface area contributed by atoms with Crippen molar-refractivity contribution in [1.82, 2.24) is 25.3 Å². The number of hydrogen-bond acceptors (Lipinski definition) is 8. The minimum atomic E-state index is -0.806. The molecule has 12 heteroatoms. The highest BCUT2D eigenvalue weighted by molar-refractivity contribution is 6.31. The van der Waals surface area contributed by atoms with Crippen molar-refractivity contribution in [1.29, 1.82) is 0 Å². The molecule has 3 aromatic heterocycles. The summed E-state index contributed by atoms with van der Waals surface area (Å²) in [5.74, 6) is -1.37. The summed E-state index contributed by atoms with van der Waals surface area (Å²) < 4.78 is 12.2. The number of ether oxygens (including phenoxy) is 1. The molecule has 0 aliphatic rings. The first-order valence-corrected chi connectivity index (χ1v) is 14.5. The normalized spacial score (nSPS) is 11.8. The van der Waals surface area contributed by atoms with Gasteiger partial charge in [0.05, 0.1) is 24.3 Å². The number of aromatic amines is 1. The van der Waals surface area contributed by atoms with Crippen LogP contribution in [0.2, 0.25) is 5.02 Å². The number of benzene rings is 3. The monoisotopic (exact) mass is 623 g/mol. The van der Waals surface area contributed by atoms with Crippen molar-refractivity contribution in [2.45, 2.75) is 32.0 Å². The van der Waals surface area contributed by atoms with Gasteiger partial charge in [-0.2, -0.15) is 0 Å². The van der Waals surface area contributed by atoms with Gasteiger partial charge in [0.2, 0.25) is 5.91 Å². The number of carbonyl (C=O) groups excluding carboxylic acids is 3. The molecule has 1 unspecified atom stereocenters. The highest BCUT2D eigenvalue weighted by atomic mass is 35.5. The van der Waals surface area contributed by atoms with E-state index in [4.69, 9.17) is 20.8 Å². The maximum Gasteiger partial charge on any atom is 0.347 e. The minimum absolute atomic E-state index is 0.00514. The number of para-hydroxylation sites is 2. The number of halogens is 1. The van der Waals surface area contributed by atoms with Crippen LogP contribution in [0.4, 0.5) is 0 Å². The van der Waals surface area contributed by atoms with E-state index in [1.807, 2.05) is 24.3 Å². The van der Waals surface area contributed by atoms with Crippen LogP contribution in [0.5, 0.6) is 0 Å². The van der Waals surface area contributed by atoms with E-state index in [1.165, 1.54) is 10.7 Å². The van der Waals surface area contributed by atoms with Crippen LogP contribution in [-0.2, 0) is 22.7 Å². The van der Waals surface area contributed by atoms with Crippen LogP contribution in [0.25, 0.3) is 21.9 Å². The van der Waals surface area contributed by atoms with Gasteiger partial charge in [-0.1, -0.05) is 71.4 Å². The SMILES string of the molecule is O=C(CCn1cc(COC(=O)c2c[nH]c3ccccc23)nn1)NC(CC(=O)c1cc2ccccc2oc1=O)c1ccccc1Cl. The first kappa shape index (κ1) is 29.5. The van der Waals surface area contributed by atoms with Gasteiger partial charge in [0.25, 0.3) is 0 Å². The molecule has 1 amide bonds. The summed E-state index contributed by atoms with van der Waals surface area (Å²) in [6.45, 7) is 0.0800. The van der Waals surface area contributed by atoms with Crippen molar-refractivity contribution in [2.24, 2.45) is 0 Å². The molecule has 0 fully saturated rings. The Morgan fingerprint density at radius 3 is 2.64 bits per heavy atom. The summed E-state index contributed by atoms with van der Waals surface area (Å²) in [6.07, 6.45) is 2.98. The first-order valence-electron chi connectivity index (χ1n) is 14.1. The van der Waals surface area contributed by atoms with E-state index < -0.39 is 23.4 Å². The van der Waals surface area contributed by atoms with Crippen LogP contribution in [0.15, 0.2) is 100 Å². The first-order chi connectivity index (χ1) is 21.9. The predicted molar refractivity (Wildman–Crippen MR) is 166 cm³/mol. The lowest BCUT2D eigenvalue weighted by molar-refractivity contribution is -0.122. The van der Waals surface area contributed by atoms with Gasteiger partial charge < -0.3 is 19.5 Å². The number of amides is 1. The van der Waals surface area contributed by atoms with E-state index in [2.05, 4.69) is 20.6 Å². The number of aryl methyl sites for hydroxylation is 1. The third-order valence-corrected chi connectivity index (χ3v) is 7.61. The van der Waals surface area contributed by atoms with Gasteiger partial charge in [-0.15, -0.1) is 5.10 Å². The highest BCUT2D eigenvalue weighted by Crippen LogP contribution is 2.27. The molecule has 0 saturated carbocycles. The number of aromatic nitrogens is 4. The van der Waals surface area contributed by atoms with Crippen molar-refractivity contribution < 1.29 is 23.5 Å². The Morgan fingerprint density at radius 1 is 1.00 bits per heavy atom. The molecule has 226 valence electrons. The number of H-pyrrole nitrogens is 1. The number of fused-ring (bicyclic) bond motifs is 2.